The number of aromatic nitrogens is 2. The number of anilines is 1. The summed E-state index contributed by atoms with van der Waals surface area (Å²) in [6.07, 6.45) is -2.01. The fraction of sp³-hybridized carbons (Fsp3) is 0.538. The lowest BCUT2D eigenvalue weighted by Gasteiger charge is -2.27. The highest BCUT2D eigenvalue weighted by Crippen LogP contribution is 2.66. The van der Waals surface area contributed by atoms with Crippen LogP contribution in [0.1, 0.15) is 18.8 Å². The number of hydrogen-bond donors (Lipinski definition) is 7. The van der Waals surface area contributed by atoms with Gasteiger partial charge < -0.3 is 40.3 Å². The molecule has 0 amide bonds. The van der Waals surface area contributed by atoms with Crippen molar-refractivity contribution in [2.75, 3.05) is 5.73 Å². The molecule has 0 saturated carbocycles. The van der Waals surface area contributed by atoms with Crippen LogP contribution in [-0.4, -0.2) is 63.3 Å². The Balaban J connectivity index is 2.32. The van der Waals surface area contributed by atoms with Crippen LogP contribution in [0.4, 0.5) is 5.82 Å². The summed E-state index contributed by atoms with van der Waals surface area (Å²) < 4.78 is 52.1. The lowest BCUT2D eigenvalue weighted by atomic mass is 9.93. The Morgan fingerprint density at radius 1 is 1.27 bits per heavy atom. The van der Waals surface area contributed by atoms with Gasteiger partial charge in [-0.2, -0.15) is 13.6 Å². The van der Waals surface area contributed by atoms with Crippen LogP contribution in [0.5, 0.6) is 0 Å². The van der Waals surface area contributed by atoms with Gasteiger partial charge in [0.1, 0.15) is 18.0 Å². The lowest BCUT2D eigenvalue weighted by Crippen LogP contribution is -2.49. The van der Waals surface area contributed by atoms with Crippen molar-refractivity contribution in [3.05, 3.63) is 22.2 Å². The summed E-state index contributed by atoms with van der Waals surface area (Å²) in [5, 5.41) is 21.3. The van der Waals surface area contributed by atoms with E-state index in [2.05, 4.69) is 18.1 Å². The molecule has 7 atom stereocenters. The predicted molar refractivity (Wildman–Crippen MR) is 106 cm³/mol. The SMILES string of the molecule is C#CC1(O)[C@@H](O)[C@@H]([C@@H](C)OP(=O)(O)OP(=O)(O)OP(=O)(O)O)O[C@H]1n1c(C)cc(N)nc1=O. The number of rotatable bonds is 8. The lowest BCUT2D eigenvalue weighted by molar-refractivity contribution is -0.0876. The minimum Gasteiger partial charge on any atom is -0.386 e. The molecule has 186 valence electrons. The summed E-state index contributed by atoms with van der Waals surface area (Å²) in [7, 11) is -17.0. The molecule has 2 heterocycles. The maximum Gasteiger partial charge on any atom is 0.490 e. The molecule has 1 aliphatic rings. The quantitative estimate of drug-likeness (QED) is 0.147. The standard InChI is InChI=1S/C13H20N3O14P3/c1-4-13(19)10(17)9(27-11(13)16-6(2)5-8(14)15-12(16)18)7(3)28-32(23,24)30-33(25,26)29-31(20,21)22/h1,5,7,9-11,17,19H,2-3H3,(H,23,24)(H,25,26)(H2,14,15,18)(H2,20,21,22)/t7-,9-,10+,11-,13?/m1/s1. The van der Waals surface area contributed by atoms with E-state index in [1.807, 2.05) is 5.92 Å². The zero-order valence-electron chi connectivity index (χ0n) is 16.7. The number of hydrogen-bond acceptors (Lipinski definition) is 12. The van der Waals surface area contributed by atoms with Gasteiger partial charge in [-0.25, -0.2) is 18.5 Å². The highest BCUT2D eigenvalue weighted by molar-refractivity contribution is 7.66. The molecular weight excluding hydrogens is 515 g/mol. The summed E-state index contributed by atoms with van der Waals surface area (Å²) >= 11 is 0. The van der Waals surface area contributed by atoms with Crippen molar-refractivity contribution < 1.29 is 61.4 Å². The van der Waals surface area contributed by atoms with Gasteiger partial charge in [0.25, 0.3) is 0 Å². The molecule has 2 rings (SSSR count). The van der Waals surface area contributed by atoms with E-state index >= 15 is 0 Å². The van der Waals surface area contributed by atoms with Gasteiger partial charge in [-0.15, -0.1) is 6.42 Å². The van der Waals surface area contributed by atoms with E-state index in [-0.39, 0.29) is 11.5 Å². The zero-order chi connectivity index (χ0) is 25.6. The molecule has 1 aromatic heterocycles. The van der Waals surface area contributed by atoms with Crippen molar-refractivity contribution in [3.63, 3.8) is 0 Å². The van der Waals surface area contributed by atoms with E-state index in [1.165, 1.54) is 13.0 Å². The molecule has 17 nitrogen and oxygen atoms in total. The second-order valence-corrected chi connectivity index (χ2v) is 11.1. The van der Waals surface area contributed by atoms with E-state index in [1.54, 1.807) is 0 Å². The average Bonchev–Trinajstić information content (AvgIpc) is 2.83. The monoisotopic (exact) mass is 535 g/mol. The number of nitrogen functional groups attached to an aromatic ring is 1. The third kappa shape index (κ3) is 6.36. The number of nitrogens with zero attached hydrogens (tertiary/aromatic N) is 2. The van der Waals surface area contributed by atoms with Gasteiger partial charge in [-0.3, -0.25) is 9.09 Å². The van der Waals surface area contributed by atoms with E-state index in [0.29, 0.717) is 0 Å². The van der Waals surface area contributed by atoms with Gasteiger partial charge in [-0.1, -0.05) is 5.92 Å². The first-order valence-electron chi connectivity index (χ1n) is 8.53. The topological polar surface area (TPSA) is 270 Å². The Bertz CT molecular complexity index is 1160. The van der Waals surface area contributed by atoms with Crippen molar-refractivity contribution in [1.82, 2.24) is 9.55 Å². The van der Waals surface area contributed by atoms with E-state index in [4.69, 9.17) is 26.7 Å². The Morgan fingerprint density at radius 2 is 1.85 bits per heavy atom. The molecule has 0 spiro atoms. The van der Waals surface area contributed by atoms with Crippen molar-refractivity contribution in [3.8, 4) is 12.3 Å². The van der Waals surface area contributed by atoms with Crippen LogP contribution in [0.2, 0.25) is 0 Å². The number of aliphatic hydroxyl groups is 2. The summed E-state index contributed by atoms with van der Waals surface area (Å²) in [6, 6.07) is 1.23. The van der Waals surface area contributed by atoms with Crippen LogP contribution < -0.4 is 11.4 Å². The Kier molecular flexibility index (Phi) is 7.82. The largest absolute Gasteiger partial charge is 0.490 e. The van der Waals surface area contributed by atoms with Gasteiger partial charge >= 0.3 is 29.2 Å². The van der Waals surface area contributed by atoms with E-state index < -0.39 is 59.3 Å². The summed E-state index contributed by atoms with van der Waals surface area (Å²) in [6.45, 7) is 2.37. The van der Waals surface area contributed by atoms with Crippen molar-refractivity contribution in [2.24, 2.45) is 0 Å². The first-order valence-corrected chi connectivity index (χ1v) is 13.1. The molecule has 1 saturated heterocycles. The predicted octanol–water partition coefficient (Wildman–Crippen LogP) is -1.51. The van der Waals surface area contributed by atoms with Gasteiger partial charge in [0.15, 0.2) is 11.8 Å². The van der Waals surface area contributed by atoms with Gasteiger partial charge in [0.2, 0.25) is 0 Å². The first kappa shape index (κ1) is 27.8. The van der Waals surface area contributed by atoms with E-state index in [0.717, 1.165) is 11.5 Å². The highest BCUT2D eigenvalue weighted by atomic mass is 31.3. The maximum atomic E-state index is 12.3. The molecular formula is C13H20N3O14P3. The van der Waals surface area contributed by atoms with Crippen LogP contribution in [-0.2, 0) is 31.6 Å². The molecule has 0 radical (unpaired) electrons. The number of terminal acetylenes is 1. The van der Waals surface area contributed by atoms with Crippen LogP contribution >= 0.6 is 23.5 Å². The van der Waals surface area contributed by atoms with Gasteiger partial charge in [0.05, 0.1) is 6.10 Å². The Labute approximate surface area is 185 Å². The van der Waals surface area contributed by atoms with Crippen LogP contribution in [0, 0.1) is 19.3 Å². The number of nitrogens with two attached hydrogens (primary N) is 1. The Morgan fingerprint density at radius 3 is 2.33 bits per heavy atom. The number of aryl methyl sites for hydroxylation is 1. The Hall–Kier alpha value is -1.47. The molecule has 1 fully saturated rings. The molecule has 33 heavy (non-hydrogen) atoms. The normalized spacial score (nSPS) is 30.2. The van der Waals surface area contributed by atoms with Crippen molar-refractivity contribution in [1.29, 1.82) is 0 Å². The van der Waals surface area contributed by atoms with Gasteiger partial charge in [0, 0.05) is 5.69 Å². The van der Waals surface area contributed by atoms with Crippen molar-refractivity contribution in [2.45, 2.75) is 44.0 Å². The minimum absolute atomic E-state index is 0.111. The number of ether oxygens (including phenoxy) is 1. The molecule has 8 N–H and O–H groups in total. The molecule has 0 aliphatic carbocycles. The zero-order valence-corrected chi connectivity index (χ0v) is 19.4. The average molecular weight is 535 g/mol. The van der Waals surface area contributed by atoms with Gasteiger partial charge in [-0.05, 0) is 19.9 Å². The molecule has 1 aliphatic heterocycles. The first-order chi connectivity index (χ1) is 14.8. The molecule has 1 aromatic rings. The second-order valence-electron chi connectivity index (χ2n) is 6.74. The number of phosphoric ester groups is 1. The highest BCUT2D eigenvalue weighted by Gasteiger charge is 2.58. The molecule has 0 aromatic carbocycles. The fourth-order valence-corrected chi connectivity index (χ4v) is 6.19. The summed E-state index contributed by atoms with van der Waals surface area (Å²) in [5.41, 5.74) is 1.98. The number of aliphatic hydroxyl groups excluding tert-OH is 1. The molecule has 0 bridgehead atoms. The fourth-order valence-electron chi connectivity index (χ4n) is 2.99. The maximum absolute atomic E-state index is 12.3. The van der Waals surface area contributed by atoms with Crippen LogP contribution in [0.15, 0.2) is 10.9 Å². The molecule has 3 unspecified atom stereocenters. The smallest absolute Gasteiger partial charge is 0.386 e. The van der Waals surface area contributed by atoms with Crippen molar-refractivity contribution >= 4 is 29.3 Å². The minimum atomic E-state index is -5.80. The third-order valence-electron chi connectivity index (χ3n) is 4.24. The molecule has 20 heteroatoms. The second kappa shape index (κ2) is 9.29. The van der Waals surface area contributed by atoms with E-state index in [9.17, 15) is 38.5 Å². The third-order valence-corrected chi connectivity index (χ3v) is 8.16. The van der Waals surface area contributed by atoms with Crippen LogP contribution in [0.25, 0.3) is 0 Å². The van der Waals surface area contributed by atoms with Crippen LogP contribution in [0.3, 0.4) is 0 Å². The number of phosphoric acid groups is 3. The summed E-state index contributed by atoms with van der Waals surface area (Å²) in [4.78, 5) is 51.8. The summed E-state index contributed by atoms with van der Waals surface area (Å²) in [5.74, 6) is 1.71.